The molecule has 4 rings (SSSR count). The number of nitrogens with zero attached hydrogens (tertiary/aromatic N) is 5. The van der Waals surface area contributed by atoms with Gasteiger partial charge >= 0.3 is 0 Å². The maximum atomic E-state index is 6.01. The molecule has 1 fully saturated rings. The third kappa shape index (κ3) is 3.62. The number of nitrogens with one attached hydrogen (secondary N) is 1. The van der Waals surface area contributed by atoms with E-state index in [4.69, 9.17) is 21.3 Å². The Morgan fingerprint density at radius 1 is 1.12 bits per heavy atom. The van der Waals surface area contributed by atoms with Gasteiger partial charge in [-0.15, -0.1) is 0 Å². The smallest absolute Gasteiger partial charge is 0.218 e. The van der Waals surface area contributed by atoms with Crippen LogP contribution in [0.15, 0.2) is 36.8 Å². The van der Waals surface area contributed by atoms with Gasteiger partial charge in [0.25, 0.3) is 0 Å². The lowest BCUT2D eigenvalue weighted by Gasteiger charge is -2.33. The first-order valence-electron chi connectivity index (χ1n) is 8.51. The number of methoxy groups -OCH3 is 1. The van der Waals surface area contributed by atoms with E-state index in [1.807, 2.05) is 30.5 Å². The molecule has 3 heterocycles. The normalized spacial score (nSPS) is 15.2. The van der Waals surface area contributed by atoms with Crippen LogP contribution in [0.3, 0.4) is 0 Å². The zero-order chi connectivity index (χ0) is 17.9. The number of hydrogen-bond donors (Lipinski definition) is 1. The topological polar surface area (TPSA) is 76.1 Å². The Morgan fingerprint density at radius 3 is 2.77 bits per heavy atom. The van der Waals surface area contributed by atoms with Gasteiger partial charge in [0.15, 0.2) is 0 Å². The molecule has 0 spiro atoms. The zero-order valence-corrected chi connectivity index (χ0v) is 15.1. The van der Waals surface area contributed by atoms with Crippen LogP contribution in [-0.4, -0.2) is 46.2 Å². The van der Waals surface area contributed by atoms with E-state index < -0.39 is 0 Å². The first-order valence-corrected chi connectivity index (χ1v) is 8.89. The Balaban J connectivity index is 1.40. The van der Waals surface area contributed by atoms with Gasteiger partial charge in [0.1, 0.15) is 18.0 Å². The molecule has 0 saturated carbocycles. The second kappa shape index (κ2) is 7.29. The van der Waals surface area contributed by atoms with E-state index in [-0.39, 0.29) is 0 Å². The van der Waals surface area contributed by atoms with E-state index >= 15 is 0 Å². The SMILES string of the molecule is COc1cc(NC2CCN(c3cnc4cc(Cl)ccc4n3)CC2)ncn1. The minimum Gasteiger partial charge on any atom is -0.481 e. The van der Waals surface area contributed by atoms with Gasteiger partial charge in [-0.1, -0.05) is 11.6 Å². The summed E-state index contributed by atoms with van der Waals surface area (Å²) in [4.78, 5) is 19.7. The van der Waals surface area contributed by atoms with Crippen LogP contribution in [0.1, 0.15) is 12.8 Å². The molecule has 2 aromatic heterocycles. The maximum Gasteiger partial charge on any atom is 0.218 e. The predicted molar refractivity (Wildman–Crippen MR) is 102 cm³/mol. The largest absolute Gasteiger partial charge is 0.481 e. The van der Waals surface area contributed by atoms with Crippen molar-refractivity contribution < 1.29 is 4.74 Å². The lowest BCUT2D eigenvalue weighted by atomic mass is 10.1. The summed E-state index contributed by atoms with van der Waals surface area (Å²) < 4.78 is 5.14. The van der Waals surface area contributed by atoms with E-state index in [2.05, 4.69) is 25.2 Å². The molecule has 26 heavy (non-hydrogen) atoms. The van der Waals surface area contributed by atoms with Gasteiger partial charge in [-0.25, -0.2) is 15.0 Å². The summed E-state index contributed by atoms with van der Waals surface area (Å²) in [5.74, 6) is 2.26. The van der Waals surface area contributed by atoms with Crippen molar-refractivity contribution in [3.8, 4) is 5.88 Å². The molecule has 0 aliphatic carbocycles. The highest BCUT2D eigenvalue weighted by Gasteiger charge is 2.21. The highest BCUT2D eigenvalue weighted by Crippen LogP contribution is 2.23. The third-order valence-electron chi connectivity index (χ3n) is 4.51. The monoisotopic (exact) mass is 370 g/mol. The van der Waals surface area contributed by atoms with Crippen LogP contribution >= 0.6 is 11.6 Å². The Hall–Kier alpha value is -2.67. The fourth-order valence-electron chi connectivity index (χ4n) is 3.12. The highest BCUT2D eigenvalue weighted by atomic mass is 35.5. The van der Waals surface area contributed by atoms with Crippen LogP contribution in [-0.2, 0) is 0 Å². The Bertz CT molecular complexity index is 913. The average Bonchev–Trinajstić information content (AvgIpc) is 2.68. The molecule has 1 aliphatic heterocycles. The quantitative estimate of drug-likeness (QED) is 0.755. The number of rotatable bonds is 4. The molecule has 1 aliphatic rings. The molecule has 7 nitrogen and oxygen atoms in total. The van der Waals surface area contributed by atoms with Crippen molar-refractivity contribution in [1.82, 2.24) is 19.9 Å². The first-order chi connectivity index (χ1) is 12.7. The number of aromatic nitrogens is 4. The standard InChI is InChI=1S/C18H19ClN6O/c1-26-18-9-16(21-11-22-18)23-13-4-6-25(7-5-13)17-10-20-15-8-12(19)2-3-14(15)24-17/h2-3,8-11,13H,4-7H2,1H3,(H,21,22,23). The van der Waals surface area contributed by atoms with Crippen LogP contribution in [0, 0.1) is 0 Å². The first kappa shape index (κ1) is 16.8. The van der Waals surface area contributed by atoms with Crippen LogP contribution in [0.25, 0.3) is 11.0 Å². The lowest BCUT2D eigenvalue weighted by molar-refractivity contribution is 0.397. The number of ether oxygens (including phenoxy) is 1. The number of halogens is 1. The fourth-order valence-corrected chi connectivity index (χ4v) is 3.28. The molecule has 0 bridgehead atoms. The predicted octanol–water partition coefficient (Wildman–Crippen LogP) is 3.16. The molecule has 1 N–H and O–H groups in total. The van der Waals surface area contributed by atoms with Gasteiger partial charge in [0.05, 0.1) is 24.3 Å². The van der Waals surface area contributed by atoms with Crippen LogP contribution in [0.2, 0.25) is 5.02 Å². The second-order valence-electron chi connectivity index (χ2n) is 6.21. The van der Waals surface area contributed by atoms with Gasteiger partial charge in [-0.05, 0) is 31.0 Å². The minimum absolute atomic E-state index is 0.359. The highest BCUT2D eigenvalue weighted by molar-refractivity contribution is 6.31. The van der Waals surface area contributed by atoms with E-state index in [0.29, 0.717) is 16.9 Å². The van der Waals surface area contributed by atoms with Crippen LogP contribution in [0.5, 0.6) is 5.88 Å². The third-order valence-corrected chi connectivity index (χ3v) is 4.75. The van der Waals surface area contributed by atoms with E-state index in [0.717, 1.165) is 48.6 Å². The molecule has 8 heteroatoms. The van der Waals surface area contributed by atoms with Crippen molar-refractivity contribution in [2.75, 3.05) is 30.4 Å². The van der Waals surface area contributed by atoms with E-state index in [1.165, 1.54) is 6.33 Å². The Kier molecular flexibility index (Phi) is 4.71. The molecule has 0 unspecified atom stereocenters. The average molecular weight is 371 g/mol. The Labute approximate surface area is 156 Å². The molecule has 1 saturated heterocycles. The summed E-state index contributed by atoms with van der Waals surface area (Å²) in [6.45, 7) is 1.82. The molecule has 0 radical (unpaired) electrons. The molecule has 0 atom stereocenters. The lowest BCUT2D eigenvalue weighted by Crippen LogP contribution is -2.39. The molecule has 3 aromatic rings. The minimum atomic E-state index is 0.359. The maximum absolute atomic E-state index is 6.01. The van der Waals surface area contributed by atoms with Gasteiger partial charge in [0.2, 0.25) is 5.88 Å². The number of hydrogen-bond acceptors (Lipinski definition) is 7. The summed E-state index contributed by atoms with van der Waals surface area (Å²) in [5.41, 5.74) is 1.68. The Morgan fingerprint density at radius 2 is 1.96 bits per heavy atom. The molecular weight excluding hydrogens is 352 g/mol. The zero-order valence-electron chi connectivity index (χ0n) is 14.4. The van der Waals surface area contributed by atoms with Crippen molar-refractivity contribution in [3.05, 3.63) is 41.8 Å². The van der Waals surface area contributed by atoms with E-state index in [9.17, 15) is 0 Å². The summed E-state index contributed by atoms with van der Waals surface area (Å²) in [5, 5.41) is 4.13. The fraction of sp³-hybridized carbons (Fsp3) is 0.333. The molecular formula is C18H19ClN6O. The van der Waals surface area contributed by atoms with Crippen molar-refractivity contribution in [2.45, 2.75) is 18.9 Å². The number of anilines is 2. The number of benzene rings is 1. The number of piperidine rings is 1. The summed E-state index contributed by atoms with van der Waals surface area (Å²) in [6.07, 6.45) is 5.31. The summed E-state index contributed by atoms with van der Waals surface area (Å²) >= 11 is 6.01. The van der Waals surface area contributed by atoms with Crippen LogP contribution in [0.4, 0.5) is 11.6 Å². The molecule has 134 valence electrons. The molecule has 1 aromatic carbocycles. The van der Waals surface area contributed by atoms with Gasteiger partial charge < -0.3 is 15.0 Å². The van der Waals surface area contributed by atoms with Crippen LogP contribution < -0.4 is 15.0 Å². The second-order valence-corrected chi connectivity index (χ2v) is 6.65. The van der Waals surface area contributed by atoms with Gasteiger partial charge in [-0.3, -0.25) is 4.98 Å². The van der Waals surface area contributed by atoms with E-state index in [1.54, 1.807) is 7.11 Å². The van der Waals surface area contributed by atoms with Gasteiger partial charge in [0, 0.05) is 30.2 Å². The van der Waals surface area contributed by atoms with Crippen molar-refractivity contribution in [3.63, 3.8) is 0 Å². The summed E-state index contributed by atoms with van der Waals surface area (Å²) in [7, 11) is 1.60. The molecule has 0 amide bonds. The summed E-state index contributed by atoms with van der Waals surface area (Å²) in [6, 6.07) is 7.75. The number of fused-ring (bicyclic) bond motifs is 1. The van der Waals surface area contributed by atoms with Crippen molar-refractivity contribution >= 4 is 34.3 Å². The van der Waals surface area contributed by atoms with Gasteiger partial charge in [-0.2, -0.15) is 0 Å². The van der Waals surface area contributed by atoms with Crippen molar-refractivity contribution in [1.29, 1.82) is 0 Å². The van der Waals surface area contributed by atoms with Crippen molar-refractivity contribution in [2.24, 2.45) is 0 Å².